The van der Waals surface area contributed by atoms with Crippen molar-refractivity contribution in [3.05, 3.63) is 64.7 Å². The van der Waals surface area contributed by atoms with Crippen LogP contribution in [0.15, 0.2) is 47.6 Å². The third-order valence-electron chi connectivity index (χ3n) is 5.51. The van der Waals surface area contributed by atoms with E-state index in [-0.39, 0.29) is 11.4 Å². The number of hydrogen-bond donors (Lipinski definition) is 1. The lowest BCUT2D eigenvalue weighted by atomic mass is 9.79. The summed E-state index contributed by atoms with van der Waals surface area (Å²) < 4.78 is 0. The highest BCUT2D eigenvalue weighted by Crippen LogP contribution is 2.44. The minimum absolute atomic E-state index is 0.137. The largest absolute Gasteiger partial charge is 0.364 e. The quantitative estimate of drug-likeness (QED) is 0.583. The number of rotatable bonds is 4. The Morgan fingerprint density at radius 3 is 2.54 bits per heavy atom. The molecule has 3 rings (SSSR count). The van der Waals surface area contributed by atoms with E-state index in [2.05, 4.69) is 68.2 Å². The van der Waals surface area contributed by atoms with Crippen LogP contribution in [0.1, 0.15) is 74.0 Å². The molecular formula is C24H31N3O. The van der Waals surface area contributed by atoms with Gasteiger partial charge in [0.25, 0.3) is 5.91 Å². The lowest BCUT2D eigenvalue weighted by Gasteiger charge is -2.50. The number of carbonyl (C=O) groups is 1. The number of nitrogens with one attached hydrogen (secondary N) is 1. The van der Waals surface area contributed by atoms with E-state index in [1.54, 1.807) is 6.21 Å². The summed E-state index contributed by atoms with van der Waals surface area (Å²) in [5, 5.41) is 4.16. The Kier molecular flexibility index (Phi) is 5.59. The van der Waals surface area contributed by atoms with E-state index in [0.29, 0.717) is 17.5 Å². The monoisotopic (exact) mass is 377 g/mol. The van der Waals surface area contributed by atoms with Crippen molar-refractivity contribution >= 4 is 17.8 Å². The molecule has 2 aromatic rings. The molecule has 0 radical (unpaired) electrons. The van der Waals surface area contributed by atoms with Crippen LogP contribution in [0.3, 0.4) is 0 Å². The van der Waals surface area contributed by atoms with Gasteiger partial charge in [0.15, 0.2) is 0 Å². The summed E-state index contributed by atoms with van der Waals surface area (Å²) in [4.78, 5) is 14.7. The molecule has 0 aliphatic carbocycles. The fourth-order valence-electron chi connectivity index (χ4n) is 4.46. The fourth-order valence-corrected chi connectivity index (χ4v) is 4.46. The van der Waals surface area contributed by atoms with Crippen molar-refractivity contribution in [3.63, 3.8) is 0 Å². The third-order valence-corrected chi connectivity index (χ3v) is 5.51. The predicted octanol–water partition coefficient (Wildman–Crippen LogP) is 5.26. The van der Waals surface area contributed by atoms with Crippen LogP contribution < -0.4 is 10.3 Å². The average Bonchev–Trinajstić information content (AvgIpc) is 2.61. The maximum Gasteiger partial charge on any atom is 0.271 e. The van der Waals surface area contributed by atoms with Gasteiger partial charge >= 0.3 is 0 Å². The van der Waals surface area contributed by atoms with Gasteiger partial charge in [0, 0.05) is 22.8 Å². The minimum atomic E-state index is -0.199. The summed E-state index contributed by atoms with van der Waals surface area (Å²) in [7, 11) is 0. The highest BCUT2D eigenvalue weighted by Gasteiger charge is 2.37. The average molecular weight is 378 g/mol. The second-order valence-corrected chi connectivity index (χ2v) is 8.76. The molecule has 0 fully saturated rings. The molecular weight excluding hydrogens is 346 g/mol. The fraction of sp³-hybridized carbons (Fsp3) is 0.417. The van der Waals surface area contributed by atoms with Crippen LogP contribution in [0, 0.1) is 6.92 Å². The van der Waals surface area contributed by atoms with Gasteiger partial charge in [0.05, 0.1) is 6.21 Å². The summed E-state index contributed by atoms with van der Waals surface area (Å²) in [6.45, 7) is 13.4. The van der Waals surface area contributed by atoms with Gasteiger partial charge in [-0.15, -0.1) is 0 Å². The van der Waals surface area contributed by atoms with Gasteiger partial charge in [-0.1, -0.05) is 30.7 Å². The standard InChI is InChI=1S/C24H31N3O/c1-16(2)27-22-12-9-19(13-21(22)18(4)14-24(27,5)6)15-25-26-23(28)20-10-7-17(3)8-11-20/h7-13,15-16,18H,14H2,1-6H3,(H,26,28)/b25-15-/t18-/m0/s1. The molecule has 0 saturated heterocycles. The lowest BCUT2D eigenvalue weighted by Crippen LogP contribution is -2.51. The van der Waals surface area contributed by atoms with Crippen molar-refractivity contribution in [1.29, 1.82) is 0 Å². The number of amides is 1. The Balaban J connectivity index is 1.78. The number of hydrogen-bond acceptors (Lipinski definition) is 3. The zero-order valence-electron chi connectivity index (χ0n) is 17.8. The molecule has 1 amide bonds. The maximum absolute atomic E-state index is 12.2. The van der Waals surface area contributed by atoms with Crippen LogP contribution in [0.4, 0.5) is 5.69 Å². The SMILES string of the molecule is Cc1ccc(C(=O)N/N=C\c2ccc3c(c2)[C@@H](C)CC(C)(C)N3C(C)C)cc1. The van der Waals surface area contributed by atoms with E-state index in [1.807, 2.05) is 31.2 Å². The molecule has 1 N–H and O–H groups in total. The summed E-state index contributed by atoms with van der Waals surface area (Å²) in [5.41, 5.74) is 8.14. The number of nitrogens with zero attached hydrogens (tertiary/aromatic N) is 2. The predicted molar refractivity (Wildman–Crippen MR) is 117 cm³/mol. The van der Waals surface area contributed by atoms with E-state index in [0.717, 1.165) is 17.5 Å². The number of fused-ring (bicyclic) bond motifs is 1. The highest BCUT2D eigenvalue weighted by atomic mass is 16.2. The number of aryl methyl sites for hydroxylation is 1. The van der Waals surface area contributed by atoms with E-state index in [9.17, 15) is 4.79 Å². The van der Waals surface area contributed by atoms with Crippen LogP contribution >= 0.6 is 0 Å². The number of carbonyl (C=O) groups excluding carboxylic acids is 1. The smallest absolute Gasteiger partial charge is 0.271 e. The van der Waals surface area contributed by atoms with Gasteiger partial charge in [-0.3, -0.25) is 4.79 Å². The van der Waals surface area contributed by atoms with Gasteiger partial charge in [0.1, 0.15) is 0 Å². The first kappa shape index (κ1) is 20.1. The van der Waals surface area contributed by atoms with Gasteiger partial charge < -0.3 is 4.90 Å². The maximum atomic E-state index is 12.2. The Bertz CT molecular complexity index is 881. The first-order valence-electron chi connectivity index (χ1n) is 10.0. The Morgan fingerprint density at radius 1 is 1.21 bits per heavy atom. The summed E-state index contributed by atoms with van der Waals surface area (Å²) in [6.07, 6.45) is 2.83. The second kappa shape index (κ2) is 7.78. The molecule has 1 atom stereocenters. The molecule has 0 bridgehead atoms. The number of anilines is 1. The molecule has 1 aliphatic heterocycles. The lowest BCUT2D eigenvalue weighted by molar-refractivity contribution is 0.0955. The molecule has 1 aliphatic rings. The van der Waals surface area contributed by atoms with Gasteiger partial charge in [-0.25, -0.2) is 5.43 Å². The highest BCUT2D eigenvalue weighted by molar-refractivity contribution is 5.95. The molecule has 2 aromatic carbocycles. The van der Waals surface area contributed by atoms with Crippen LogP contribution in [-0.2, 0) is 0 Å². The molecule has 28 heavy (non-hydrogen) atoms. The van der Waals surface area contributed by atoms with E-state index >= 15 is 0 Å². The molecule has 0 unspecified atom stereocenters. The van der Waals surface area contributed by atoms with Gasteiger partial charge in [-0.05, 0) is 82.3 Å². The van der Waals surface area contributed by atoms with Gasteiger partial charge in [0.2, 0.25) is 0 Å². The topological polar surface area (TPSA) is 44.7 Å². The zero-order chi connectivity index (χ0) is 20.5. The Morgan fingerprint density at radius 2 is 1.89 bits per heavy atom. The van der Waals surface area contributed by atoms with E-state index < -0.39 is 0 Å². The van der Waals surface area contributed by atoms with Crippen LogP contribution in [0.25, 0.3) is 0 Å². The second-order valence-electron chi connectivity index (χ2n) is 8.76. The molecule has 4 heteroatoms. The van der Waals surface area contributed by atoms with Crippen molar-refractivity contribution in [3.8, 4) is 0 Å². The van der Waals surface area contributed by atoms with Crippen molar-refractivity contribution in [2.75, 3.05) is 4.90 Å². The van der Waals surface area contributed by atoms with Crippen LogP contribution in [0.5, 0.6) is 0 Å². The molecule has 0 spiro atoms. The normalized spacial score (nSPS) is 18.4. The first-order valence-corrected chi connectivity index (χ1v) is 10.0. The summed E-state index contributed by atoms with van der Waals surface area (Å²) >= 11 is 0. The van der Waals surface area contributed by atoms with Crippen molar-refractivity contribution in [1.82, 2.24) is 5.43 Å². The molecule has 0 aromatic heterocycles. The van der Waals surface area contributed by atoms with Crippen LogP contribution in [-0.4, -0.2) is 23.7 Å². The van der Waals surface area contributed by atoms with Crippen molar-refractivity contribution in [2.24, 2.45) is 5.10 Å². The molecule has 1 heterocycles. The van der Waals surface area contributed by atoms with Crippen molar-refractivity contribution < 1.29 is 4.79 Å². The van der Waals surface area contributed by atoms with E-state index in [4.69, 9.17) is 0 Å². The first-order chi connectivity index (χ1) is 13.2. The molecule has 148 valence electrons. The minimum Gasteiger partial charge on any atom is -0.364 e. The Labute approximate surface area is 168 Å². The third kappa shape index (κ3) is 4.11. The van der Waals surface area contributed by atoms with E-state index in [1.165, 1.54) is 11.3 Å². The summed E-state index contributed by atoms with van der Waals surface area (Å²) in [5.74, 6) is 0.283. The number of hydrazone groups is 1. The molecule has 4 nitrogen and oxygen atoms in total. The van der Waals surface area contributed by atoms with Crippen LogP contribution in [0.2, 0.25) is 0 Å². The van der Waals surface area contributed by atoms with Crippen molar-refractivity contribution in [2.45, 2.75) is 65.5 Å². The number of benzene rings is 2. The van der Waals surface area contributed by atoms with Gasteiger partial charge in [-0.2, -0.15) is 5.10 Å². The summed E-state index contributed by atoms with van der Waals surface area (Å²) in [6, 6.07) is 14.4. The Hall–Kier alpha value is -2.62. The zero-order valence-corrected chi connectivity index (χ0v) is 17.8. The molecule has 0 saturated carbocycles.